The molecule has 128 valence electrons. The number of sulfonamides is 1. The molecule has 9 heteroatoms. The molecule has 0 aliphatic carbocycles. The van der Waals surface area contributed by atoms with Gasteiger partial charge in [-0.3, -0.25) is 4.99 Å². The number of hydrogen-bond acceptors (Lipinski definition) is 5. The molecule has 0 bridgehead atoms. The molecule has 3 rings (SSSR count). The van der Waals surface area contributed by atoms with Crippen molar-refractivity contribution in [3.63, 3.8) is 0 Å². The summed E-state index contributed by atoms with van der Waals surface area (Å²) in [6, 6.07) is 3.32. The van der Waals surface area contributed by atoms with E-state index in [2.05, 4.69) is 15.2 Å². The lowest BCUT2D eigenvalue weighted by Gasteiger charge is -2.24. The first kappa shape index (κ1) is 16.7. The predicted molar refractivity (Wildman–Crippen MR) is 89.9 cm³/mol. The second-order valence-corrected chi connectivity index (χ2v) is 9.10. The number of rotatable bonds is 3. The molecule has 0 radical (unpaired) electrons. The van der Waals surface area contributed by atoms with Gasteiger partial charge >= 0.3 is 0 Å². The van der Waals surface area contributed by atoms with Crippen LogP contribution in [0.4, 0.5) is 0 Å². The molecule has 2 aliphatic heterocycles. The minimum absolute atomic E-state index is 0.188. The minimum Gasteiger partial charge on any atom is -0.381 e. The molecule has 0 saturated carbocycles. The molecule has 0 amide bonds. The van der Waals surface area contributed by atoms with Crippen LogP contribution in [0.25, 0.3) is 0 Å². The number of nitrogens with two attached hydrogens (primary N) is 1. The Morgan fingerprint density at radius 3 is 2.96 bits per heavy atom. The van der Waals surface area contributed by atoms with E-state index in [9.17, 15) is 8.42 Å². The van der Waals surface area contributed by atoms with E-state index in [4.69, 9.17) is 9.88 Å². The van der Waals surface area contributed by atoms with Crippen molar-refractivity contribution in [1.29, 1.82) is 0 Å². The van der Waals surface area contributed by atoms with Crippen molar-refractivity contribution in [3.05, 3.63) is 17.0 Å². The summed E-state index contributed by atoms with van der Waals surface area (Å²) < 4.78 is 28.4. The van der Waals surface area contributed by atoms with Gasteiger partial charge < -0.3 is 15.0 Å². The molecular weight excluding hydrogens is 336 g/mol. The third-order valence-electron chi connectivity index (χ3n) is 4.47. The van der Waals surface area contributed by atoms with Crippen molar-refractivity contribution in [3.8, 4) is 0 Å². The van der Waals surface area contributed by atoms with Gasteiger partial charge in [-0.05, 0) is 25.0 Å². The normalized spacial score (nSPS) is 25.5. The van der Waals surface area contributed by atoms with Crippen LogP contribution in [0.3, 0.4) is 0 Å². The average molecular weight is 358 g/mol. The number of nitrogens with zero attached hydrogens (tertiary/aromatic N) is 2. The van der Waals surface area contributed by atoms with Crippen molar-refractivity contribution in [2.75, 3.05) is 33.4 Å². The fourth-order valence-electron chi connectivity index (χ4n) is 3.19. The first-order valence-corrected chi connectivity index (χ1v) is 9.93. The summed E-state index contributed by atoms with van der Waals surface area (Å²) in [5, 5.41) is 8.45. The fourth-order valence-corrected chi connectivity index (χ4v) is 4.91. The third kappa shape index (κ3) is 3.68. The largest absolute Gasteiger partial charge is 0.381 e. The first-order chi connectivity index (χ1) is 10.9. The molecule has 1 spiro atoms. The summed E-state index contributed by atoms with van der Waals surface area (Å²) in [6.07, 6.45) is 2.24. The highest BCUT2D eigenvalue weighted by atomic mass is 32.2. The van der Waals surface area contributed by atoms with Crippen LogP contribution in [0.1, 0.15) is 17.7 Å². The van der Waals surface area contributed by atoms with E-state index in [1.165, 1.54) is 11.3 Å². The molecule has 23 heavy (non-hydrogen) atoms. The number of likely N-dealkylation sites (tertiary alicyclic amines) is 1. The van der Waals surface area contributed by atoms with Gasteiger partial charge in [-0.25, -0.2) is 13.6 Å². The minimum atomic E-state index is -3.62. The van der Waals surface area contributed by atoms with E-state index in [0.717, 1.165) is 50.0 Å². The number of aliphatic imine (C=N–C) groups is 1. The van der Waals surface area contributed by atoms with Crippen LogP contribution in [0, 0.1) is 5.41 Å². The van der Waals surface area contributed by atoms with Crippen LogP contribution in [-0.2, 0) is 21.3 Å². The van der Waals surface area contributed by atoms with Crippen LogP contribution in [0.2, 0.25) is 0 Å². The molecule has 7 nitrogen and oxygen atoms in total. The summed E-state index contributed by atoms with van der Waals surface area (Å²) >= 11 is 1.18. The van der Waals surface area contributed by atoms with Gasteiger partial charge in [0.2, 0.25) is 10.0 Å². The van der Waals surface area contributed by atoms with E-state index in [0.29, 0.717) is 6.54 Å². The summed E-state index contributed by atoms with van der Waals surface area (Å²) in [5.41, 5.74) is 0.279. The summed E-state index contributed by atoms with van der Waals surface area (Å²) in [7, 11) is -1.85. The van der Waals surface area contributed by atoms with E-state index >= 15 is 0 Å². The molecule has 2 aliphatic rings. The fraction of sp³-hybridized carbons (Fsp3) is 0.643. The Hall–Kier alpha value is -1.16. The summed E-state index contributed by atoms with van der Waals surface area (Å²) in [4.78, 5) is 7.51. The monoisotopic (exact) mass is 358 g/mol. The average Bonchev–Trinajstić information content (AvgIpc) is 3.22. The smallest absolute Gasteiger partial charge is 0.247 e. The Bertz CT molecular complexity index is 693. The maximum atomic E-state index is 11.3. The van der Waals surface area contributed by atoms with Gasteiger partial charge in [-0.1, -0.05) is 0 Å². The zero-order chi connectivity index (χ0) is 16.5. The molecular formula is C14H22N4O3S2. The lowest BCUT2D eigenvalue weighted by atomic mass is 9.87. The van der Waals surface area contributed by atoms with Crippen molar-refractivity contribution in [2.24, 2.45) is 15.5 Å². The van der Waals surface area contributed by atoms with Crippen molar-refractivity contribution in [2.45, 2.75) is 23.6 Å². The lowest BCUT2D eigenvalue weighted by molar-refractivity contribution is 0.156. The number of hydrogen-bond donors (Lipinski definition) is 2. The van der Waals surface area contributed by atoms with Gasteiger partial charge in [0.25, 0.3) is 0 Å². The number of guanidine groups is 1. The van der Waals surface area contributed by atoms with Crippen molar-refractivity contribution < 1.29 is 13.2 Å². The van der Waals surface area contributed by atoms with Crippen LogP contribution in [-0.4, -0.2) is 52.6 Å². The second-order valence-electron chi connectivity index (χ2n) is 6.14. The molecule has 1 atom stereocenters. The van der Waals surface area contributed by atoms with E-state index in [1.807, 2.05) is 0 Å². The third-order valence-corrected chi connectivity index (χ3v) is 7.00. The Morgan fingerprint density at radius 1 is 1.52 bits per heavy atom. The molecule has 3 N–H and O–H groups in total. The van der Waals surface area contributed by atoms with E-state index in [1.54, 1.807) is 19.2 Å². The molecule has 3 heterocycles. The quantitative estimate of drug-likeness (QED) is 0.609. The molecule has 1 aromatic rings. The second kappa shape index (κ2) is 6.39. The highest BCUT2D eigenvalue weighted by molar-refractivity contribution is 7.91. The SMILES string of the molecule is CN=C(NCc1ccc(S(N)(=O)=O)s1)N1CCC2(CCOC2)C1. The zero-order valence-electron chi connectivity index (χ0n) is 13.1. The number of thiophene rings is 1. The lowest BCUT2D eigenvalue weighted by Crippen LogP contribution is -2.41. The number of primary sulfonamides is 1. The van der Waals surface area contributed by atoms with Crippen LogP contribution >= 0.6 is 11.3 Å². The summed E-state index contributed by atoms with van der Waals surface area (Å²) in [5.74, 6) is 0.847. The van der Waals surface area contributed by atoms with Gasteiger partial charge in [0.1, 0.15) is 4.21 Å². The van der Waals surface area contributed by atoms with Gasteiger partial charge in [-0.15, -0.1) is 11.3 Å². The van der Waals surface area contributed by atoms with Gasteiger partial charge in [-0.2, -0.15) is 0 Å². The Labute approximate surface area is 140 Å². The molecule has 0 aromatic carbocycles. The highest BCUT2D eigenvalue weighted by Gasteiger charge is 2.42. The van der Waals surface area contributed by atoms with Crippen molar-refractivity contribution >= 4 is 27.3 Å². The van der Waals surface area contributed by atoms with Gasteiger partial charge in [0.05, 0.1) is 13.2 Å². The Morgan fingerprint density at radius 2 is 2.35 bits per heavy atom. The van der Waals surface area contributed by atoms with Crippen LogP contribution < -0.4 is 10.5 Å². The van der Waals surface area contributed by atoms with Crippen LogP contribution in [0.15, 0.2) is 21.3 Å². The molecule has 1 aromatic heterocycles. The Kier molecular flexibility index (Phi) is 4.63. The van der Waals surface area contributed by atoms with Crippen molar-refractivity contribution in [1.82, 2.24) is 10.2 Å². The highest BCUT2D eigenvalue weighted by Crippen LogP contribution is 2.38. The van der Waals surface area contributed by atoms with E-state index < -0.39 is 10.0 Å². The van der Waals surface area contributed by atoms with E-state index in [-0.39, 0.29) is 9.62 Å². The predicted octanol–water partition coefficient (Wildman–Crippen LogP) is 0.583. The zero-order valence-corrected chi connectivity index (χ0v) is 14.8. The van der Waals surface area contributed by atoms with Gasteiger partial charge in [0, 0.05) is 37.0 Å². The van der Waals surface area contributed by atoms with Crippen LogP contribution in [0.5, 0.6) is 0 Å². The van der Waals surface area contributed by atoms with Gasteiger partial charge in [0.15, 0.2) is 5.96 Å². The summed E-state index contributed by atoms with van der Waals surface area (Å²) in [6.45, 7) is 4.15. The molecule has 1 unspecified atom stereocenters. The maximum absolute atomic E-state index is 11.3. The topological polar surface area (TPSA) is 97.0 Å². The maximum Gasteiger partial charge on any atom is 0.247 e. The first-order valence-electron chi connectivity index (χ1n) is 7.57. The standard InChI is InChI=1S/C14H22N4O3S2/c1-16-13(18-6-4-14(9-18)5-7-21-10-14)17-8-11-2-3-12(22-11)23(15,19)20/h2-3H,4-10H2,1H3,(H,16,17)(H2,15,19,20). The molecule has 2 fully saturated rings. The number of nitrogens with one attached hydrogen (secondary N) is 1. The Balaban J connectivity index is 1.59. The number of ether oxygens (including phenoxy) is 1. The molecule has 2 saturated heterocycles.